The third-order valence-electron chi connectivity index (χ3n) is 4.32. The van der Waals surface area contributed by atoms with Crippen LogP contribution in [-0.2, 0) is 25.1 Å². The predicted molar refractivity (Wildman–Crippen MR) is 100 cm³/mol. The first kappa shape index (κ1) is 19.0. The number of aliphatic hydroxyl groups excluding tert-OH is 1. The molecule has 6 nitrogen and oxygen atoms in total. The molecular formula is C16H21NO5S3. The summed E-state index contributed by atoms with van der Waals surface area (Å²) in [5, 5.41) is 9.76. The number of ether oxygens (including phenoxy) is 1. The number of allylic oxidation sites excluding steroid dienone is 1. The van der Waals surface area contributed by atoms with Crippen LogP contribution >= 0.6 is 23.5 Å². The molecule has 0 aliphatic carbocycles. The number of fused-ring (bicyclic) bond motifs is 1. The Morgan fingerprint density at radius 1 is 1.60 bits per heavy atom. The largest absolute Gasteiger partial charge is 0.457 e. The molecule has 0 bridgehead atoms. The van der Waals surface area contributed by atoms with Crippen molar-refractivity contribution in [2.45, 2.75) is 37.0 Å². The molecule has 3 aliphatic heterocycles. The minimum Gasteiger partial charge on any atom is -0.457 e. The normalized spacial score (nSPS) is 32.9. The van der Waals surface area contributed by atoms with Crippen molar-refractivity contribution in [3.63, 3.8) is 0 Å². The maximum absolute atomic E-state index is 12.5. The third-order valence-corrected chi connectivity index (χ3v) is 8.87. The van der Waals surface area contributed by atoms with Crippen LogP contribution in [0.2, 0.25) is 0 Å². The Balaban J connectivity index is 1.80. The van der Waals surface area contributed by atoms with Crippen molar-refractivity contribution in [3.05, 3.63) is 22.1 Å². The molecule has 3 aliphatic rings. The van der Waals surface area contributed by atoms with E-state index in [0.717, 1.165) is 10.7 Å². The number of thioether (sulfide) groups is 2. The van der Waals surface area contributed by atoms with Gasteiger partial charge in [0.2, 0.25) is 5.91 Å². The molecule has 1 N–H and O–H groups in total. The molecule has 0 saturated carbocycles. The van der Waals surface area contributed by atoms with Crippen LogP contribution in [0.3, 0.4) is 0 Å². The number of β-lactam (4-membered cyclic amide) rings is 1. The Kier molecular flexibility index (Phi) is 5.97. The summed E-state index contributed by atoms with van der Waals surface area (Å²) in [5.74, 6) is 0.0231. The quantitative estimate of drug-likeness (QED) is 0.408. The number of rotatable bonds is 6. The van der Waals surface area contributed by atoms with Crippen molar-refractivity contribution >= 4 is 46.2 Å². The highest BCUT2D eigenvalue weighted by molar-refractivity contribution is 8.23. The second kappa shape index (κ2) is 7.85. The Bertz CT molecular complexity index is 660. The zero-order valence-corrected chi connectivity index (χ0v) is 16.5. The van der Waals surface area contributed by atoms with Gasteiger partial charge in [-0.25, -0.2) is 4.79 Å². The van der Waals surface area contributed by atoms with Crippen LogP contribution < -0.4 is 0 Å². The average Bonchev–Trinajstić information content (AvgIpc) is 3.09. The molecule has 25 heavy (non-hydrogen) atoms. The van der Waals surface area contributed by atoms with Crippen LogP contribution in [0.1, 0.15) is 20.3 Å². The Hall–Kier alpha value is -0.770. The van der Waals surface area contributed by atoms with Crippen LogP contribution in [0.25, 0.3) is 0 Å². The number of hydrogen-bond acceptors (Lipinski definition) is 7. The summed E-state index contributed by atoms with van der Waals surface area (Å²) in [7, 11) is -0.803. The topological polar surface area (TPSA) is 83.9 Å². The molecule has 0 aromatic rings. The van der Waals surface area contributed by atoms with Crippen LogP contribution in [0.4, 0.5) is 0 Å². The van der Waals surface area contributed by atoms with E-state index in [9.17, 15) is 18.9 Å². The second-order valence-electron chi connectivity index (χ2n) is 6.13. The molecule has 1 amide bonds. The van der Waals surface area contributed by atoms with Gasteiger partial charge in [-0.3, -0.25) is 13.9 Å². The van der Waals surface area contributed by atoms with E-state index in [0.29, 0.717) is 11.5 Å². The van der Waals surface area contributed by atoms with Gasteiger partial charge in [0.05, 0.1) is 16.3 Å². The summed E-state index contributed by atoms with van der Waals surface area (Å²) in [6, 6.07) is 0. The van der Waals surface area contributed by atoms with Crippen molar-refractivity contribution in [1.29, 1.82) is 0 Å². The summed E-state index contributed by atoms with van der Waals surface area (Å²) in [6.45, 7) is 3.58. The zero-order chi connectivity index (χ0) is 18.1. The van der Waals surface area contributed by atoms with E-state index >= 15 is 0 Å². The Labute approximate surface area is 157 Å². The Morgan fingerprint density at radius 3 is 2.96 bits per heavy atom. The first-order chi connectivity index (χ1) is 11.9. The fraction of sp³-hybridized carbons (Fsp3) is 0.625. The molecule has 0 spiro atoms. The minimum atomic E-state index is -0.803. The van der Waals surface area contributed by atoms with Gasteiger partial charge < -0.3 is 9.84 Å². The highest BCUT2D eigenvalue weighted by Crippen LogP contribution is 2.55. The third kappa shape index (κ3) is 3.70. The summed E-state index contributed by atoms with van der Waals surface area (Å²) >= 11 is 2.95. The summed E-state index contributed by atoms with van der Waals surface area (Å²) in [6.07, 6.45) is 3.59. The maximum atomic E-state index is 12.5. The van der Waals surface area contributed by atoms with Gasteiger partial charge in [-0.15, -0.1) is 11.8 Å². The first-order valence-electron chi connectivity index (χ1n) is 8.16. The lowest BCUT2D eigenvalue weighted by Crippen LogP contribution is -2.60. The molecule has 0 aromatic carbocycles. The van der Waals surface area contributed by atoms with Crippen molar-refractivity contribution in [2.75, 3.05) is 18.1 Å². The predicted octanol–water partition coefficient (Wildman–Crippen LogP) is 1.44. The zero-order valence-electron chi connectivity index (χ0n) is 14.0. The standard InChI is InChI=1S/C16H21NO5S3/c1-3-4-6-22-15(20)12-16(23-10-5-7-25(21)8-10)24-14-11(9(2)18)13(19)17(12)14/h3-4,9-11,14,18H,5-8H2,1-2H3/t9-,10+,11+,14-,25-/m1/s1. The second-order valence-corrected chi connectivity index (χ2v) is 10.4. The molecule has 2 saturated heterocycles. The van der Waals surface area contributed by atoms with Gasteiger partial charge in [0.1, 0.15) is 12.0 Å². The number of amides is 1. The van der Waals surface area contributed by atoms with Crippen molar-refractivity contribution in [1.82, 2.24) is 4.90 Å². The van der Waals surface area contributed by atoms with E-state index in [2.05, 4.69) is 0 Å². The molecule has 3 heterocycles. The van der Waals surface area contributed by atoms with Crippen molar-refractivity contribution in [3.8, 4) is 0 Å². The van der Waals surface area contributed by atoms with Crippen molar-refractivity contribution < 1.29 is 23.6 Å². The number of hydrogen-bond donors (Lipinski definition) is 1. The minimum absolute atomic E-state index is 0.154. The highest BCUT2D eigenvalue weighted by Gasteiger charge is 2.58. The molecular weight excluding hydrogens is 382 g/mol. The molecule has 2 fully saturated rings. The maximum Gasteiger partial charge on any atom is 0.357 e. The average molecular weight is 404 g/mol. The lowest BCUT2D eigenvalue weighted by Gasteiger charge is -2.43. The van der Waals surface area contributed by atoms with Gasteiger partial charge in [0.15, 0.2) is 5.70 Å². The molecule has 9 heteroatoms. The summed E-state index contributed by atoms with van der Waals surface area (Å²) < 4.78 is 17.6. The SMILES string of the molecule is CC=CCOC(=O)C1=C(S[C@H]2CC[S@@](=O)C2)S[C@@H]2[C@@H]([C@@H](C)O)C(=O)N12. The Morgan fingerprint density at radius 2 is 2.36 bits per heavy atom. The molecule has 0 unspecified atom stereocenters. The molecule has 3 rings (SSSR count). The van der Waals surface area contributed by atoms with Crippen LogP contribution in [0.15, 0.2) is 22.1 Å². The monoisotopic (exact) mass is 403 g/mol. The fourth-order valence-electron chi connectivity index (χ4n) is 2.99. The lowest BCUT2D eigenvalue weighted by molar-refractivity contribution is -0.157. The smallest absolute Gasteiger partial charge is 0.357 e. The first-order valence-corrected chi connectivity index (χ1v) is 11.4. The van der Waals surface area contributed by atoms with Gasteiger partial charge >= 0.3 is 5.97 Å². The highest BCUT2D eigenvalue weighted by atomic mass is 32.2. The molecule has 138 valence electrons. The number of nitrogens with zero attached hydrogens (tertiary/aromatic N) is 1. The van der Waals surface area contributed by atoms with E-state index in [1.54, 1.807) is 19.1 Å². The van der Waals surface area contributed by atoms with E-state index < -0.39 is 28.8 Å². The number of aliphatic hydroxyl groups is 1. The van der Waals surface area contributed by atoms with Crippen LogP contribution in [0, 0.1) is 5.92 Å². The van der Waals surface area contributed by atoms with Gasteiger partial charge in [0, 0.05) is 27.6 Å². The molecule has 5 atom stereocenters. The van der Waals surface area contributed by atoms with E-state index in [4.69, 9.17) is 4.74 Å². The fourth-order valence-corrected chi connectivity index (χ4v) is 8.24. The van der Waals surface area contributed by atoms with Gasteiger partial charge in [-0.2, -0.15) is 0 Å². The van der Waals surface area contributed by atoms with Gasteiger partial charge in [0.25, 0.3) is 0 Å². The number of carbonyl (C=O) groups is 2. The van der Waals surface area contributed by atoms with Crippen LogP contribution in [-0.4, -0.2) is 60.9 Å². The summed E-state index contributed by atoms with van der Waals surface area (Å²) in [4.78, 5) is 26.4. The molecule has 0 radical (unpaired) electrons. The summed E-state index contributed by atoms with van der Waals surface area (Å²) in [5.41, 5.74) is 0.282. The van der Waals surface area contributed by atoms with E-state index in [1.165, 1.54) is 28.4 Å². The van der Waals surface area contributed by atoms with Gasteiger partial charge in [-0.1, -0.05) is 23.9 Å². The number of carbonyl (C=O) groups excluding carboxylic acids is 2. The van der Waals surface area contributed by atoms with Crippen molar-refractivity contribution in [2.24, 2.45) is 5.92 Å². The lowest BCUT2D eigenvalue weighted by atomic mass is 9.92. The van der Waals surface area contributed by atoms with Gasteiger partial charge in [-0.05, 0) is 20.3 Å². The van der Waals surface area contributed by atoms with Crippen LogP contribution in [0.5, 0.6) is 0 Å². The van der Waals surface area contributed by atoms with E-state index in [-0.39, 0.29) is 28.8 Å². The van der Waals surface area contributed by atoms with E-state index in [1.807, 2.05) is 6.92 Å². The number of esters is 1. The molecule has 0 aromatic heterocycles.